The minimum absolute atomic E-state index is 0.0196. The summed E-state index contributed by atoms with van der Waals surface area (Å²) in [4.78, 5) is 3.85. The van der Waals surface area contributed by atoms with Gasteiger partial charge in [0.05, 0.1) is 6.61 Å². The van der Waals surface area contributed by atoms with Crippen LogP contribution in [0.15, 0.2) is 12.4 Å². The second-order valence-electron chi connectivity index (χ2n) is 4.77. The molecule has 0 aliphatic carbocycles. The standard InChI is InChI=1S/C12H13N5O3/c13-4-12(5-18)2-1-9(20-12)10-8(19)3-7-11(14)15-6-16-17(7)10/h3,6,9,18-19H,1-2,5H2,(H2,14,15,16). The van der Waals surface area contributed by atoms with E-state index in [1.165, 1.54) is 16.9 Å². The quantitative estimate of drug-likeness (QED) is 0.709. The average molecular weight is 275 g/mol. The first-order chi connectivity index (χ1) is 9.60. The predicted molar refractivity (Wildman–Crippen MR) is 67.6 cm³/mol. The van der Waals surface area contributed by atoms with Crippen LogP contribution < -0.4 is 5.73 Å². The van der Waals surface area contributed by atoms with Gasteiger partial charge in [0.2, 0.25) is 0 Å². The summed E-state index contributed by atoms with van der Waals surface area (Å²) in [5, 5.41) is 32.5. The lowest BCUT2D eigenvalue weighted by molar-refractivity contribution is -0.0393. The molecule has 2 atom stereocenters. The molecule has 1 fully saturated rings. The van der Waals surface area contributed by atoms with Crippen LogP contribution in [0.25, 0.3) is 5.52 Å². The van der Waals surface area contributed by atoms with Gasteiger partial charge in [0, 0.05) is 6.07 Å². The fourth-order valence-electron chi connectivity index (χ4n) is 2.50. The van der Waals surface area contributed by atoms with Crippen LogP contribution in [0.5, 0.6) is 5.75 Å². The number of fused-ring (bicyclic) bond motifs is 1. The summed E-state index contributed by atoms with van der Waals surface area (Å²) in [6, 6.07) is 3.44. The molecule has 0 radical (unpaired) electrons. The molecule has 1 saturated heterocycles. The van der Waals surface area contributed by atoms with Gasteiger partial charge in [0.15, 0.2) is 11.4 Å². The number of rotatable bonds is 2. The van der Waals surface area contributed by atoms with E-state index >= 15 is 0 Å². The fourth-order valence-corrected chi connectivity index (χ4v) is 2.50. The Hall–Kier alpha value is -2.37. The number of aromatic nitrogens is 3. The number of nitrogens with zero attached hydrogens (tertiary/aromatic N) is 4. The number of nitriles is 1. The second kappa shape index (κ2) is 4.33. The van der Waals surface area contributed by atoms with Crippen LogP contribution in [0.3, 0.4) is 0 Å². The topological polar surface area (TPSA) is 130 Å². The van der Waals surface area contributed by atoms with Crippen molar-refractivity contribution in [2.75, 3.05) is 12.3 Å². The molecule has 2 aromatic heterocycles. The van der Waals surface area contributed by atoms with E-state index < -0.39 is 11.7 Å². The SMILES string of the molecule is N#CC1(CO)CCC(c2c(O)cc3c(N)ncnn23)O1. The second-order valence-corrected chi connectivity index (χ2v) is 4.77. The first-order valence-electron chi connectivity index (χ1n) is 6.11. The van der Waals surface area contributed by atoms with Gasteiger partial charge < -0.3 is 20.7 Å². The van der Waals surface area contributed by atoms with Crippen molar-refractivity contribution < 1.29 is 14.9 Å². The van der Waals surface area contributed by atoms with Gasteiger partial charge in [0.1, 0.15) is 35.5 Å². The zero-order valence-corrected chi connectivity index (χ0v) is 10.5. The molecule has 104 valence electrons. The first-order valence-corrected chi connectivity index (χ1v) is 6.11. The van der Waals surface area contributed by atoms with Crippen molar-refractivity contribution in [2.24, 2.45) is 0 Å². The van der Waals surface area contributed by atoms with Gasteiger partial charge in [-0.05, 0) is 12.8 Å². The molecule has 0 saturated carbocycles. The molecule has 0 aromatic carbocycles. The summed E-state index contributed by atoms with van der Waals surface area (Å²) >= 11 is 0. The van der Waals surface area contributed by atoms with Crippen molar-refractivity contribution in [3.63, 3.8) is 0 Å². The molecule has 8 nitrogen and oxygen atoms in total. The van der Waals surface area contributed by atoms with E-state index in [9.17, 15) is 10.2 Å². The molecule has 1 aliphatic rings. The molecule has 3 heterocycles. The van der Waals surface area contributed by atoms with E-state index in [1.54, 1.807) is 0 Å². The highest BCUT2D eigenvalue weighted by molar-refractivity contribution is 5.68. The fraction of sp³-hybridized carbons (Fsp3) is 0.417. The Morgan fingerprint density at radius 3 is 3.10 bits per heavy atom. The Balaban J connectivity index is 2.07. The molecular weight excluding hydrogens is 262 g/mol. The van der Waals surface area contributed by atoms with E-state index in [-0.39, 0.29) is 18.2 Å². The molecule has 2 unspecified atom stereocenters. The number of aliphatic hydroxyl groups excluding tert-OH is 1. The van der Waals surface area contributed by atoms with Crippen LogP contribution >= 0.6 is 0 Å². The van der Waals surface area contributed by atoms with Gasteiger partial charge in [-0.1, -0.05) is 0 Å². The van der Waals surface area contributed by atoms with E-state index in [0.717, 1.165) is 0 Å². The summed E-state index contributed by atoms with van der Waals surface area (Å²) in [6.45, 7) is -0.388. The molecule has 3 rings (SSSR count). The van der Waals surface area contributed by atoms with Gasteiger partial charge in [-0.15, -0.1) is 0 Å². The molecule has 20 heavy (non-hydrogen) atoms. The molecular formula is C12H13N5O3. The summed E-state index contributed by atoms with van der Waals surface area (Å²) in [5.41, 5.74) is 5.39. The van der Waals surface area contributed by atoms with Crippen molar-refractivity contribution in [1.82, 2.24) is 14.6 Å². The van der Waals surface area contributed by atoms with Gasteiger partial charge in [0.25, 0.3) is 0 Å². The molecule has 8 heteroatoms. The lowest BCUT2D eigenvalue weighted by Crippen LogP contribution is -2.30. The van der Waals surface area contributed by atoms with Crippen molar-refractivity contribution in [2.45, 2.75) is 24.5 Å². The Bertz CT molecular complexity index is 707. The van der Waals surface area contributed by atoms with Crippen LogP contribution in [0.1, 0.15) is 24.6 Å². The summed E-state index contributed by atoms with van der Waals surface area (Å²) in [6.07, 6.45) is 1.64. The molecule has 2 aromatic rings. The highest BCUT2D eigenvalue weighted by atomic mass is 16.5. The number of aliphatic hydroxyl groups is 1. The monoisotopic (exact) mass is 275 g/mol. The minimum atomic E-state index is -1.22. The van der Waals surface area contributed by atoms with Crippen LogP contribution in [-0.2, 0) is 4.74 Å². The van der Waals surface area contributed by atoms with Crippen LogP contribution in [0.2, 0.25) is 0 Å². The number of nitrogens with two attached hydrogens (primary N) is 1. The van der Waals surface area contributed by atoms with E-state index in [0.29, 0.717) is 24.1 Å². The Kier molecular flexibility index (Phi) is 2.74. The van der Waals surface area contributed by atoms with Crippen molar-refractivity contribution in [1.29, 1.82) is 5.26 Å². The van der Waals surface area contributed by atoms with E-state index in [2.05, 4.69) is 10.1 Å². The van der Waals surface area contributed by atoms with E-state index in [1.807, 2.05) is 6.07 Å². The molecule has 0 bridgehead atoms. The largest absolute Gasteiger partial charge is 0.506 e. The third-order valence-electron chi connectivity index (χ3n) is 3.56. The number of hydrogen-bond acceptors (Lipinski definition) is 7. The lowest BCUT2D eigenvalue weighted by atomic mass is 10.0. The van der Waals surface area contributed by atoms with Crippen LogP contribution in [0, 0.1) is 11.3 Å². The minimum Gasteiger partial charge on any atom is -0.506 e. The number of nitrogen functional groups attached to an aromatic ring is 1. The molecule has 0 spiro atoms. The molecule has 0 amide bonds. The maximum Gasteiger partial charge on any atom is 0.177 e. The van der Waals surface area contributed by atoms with Crippen molar-refractivity contribution in [3.8, 4) is 11.8 Å². The maximum absolute atomic E-state index is 10.1. The zero-order chi connectivity index (χ0) is 14.3. The highest BCUT2D eigenvalue weighted by Gasteiger charge is 2.42. The van der Waals surface area contributed by atoms with Crippen molar-refractivity contribution in [3.05, 3.63) is 18.1 Å². The highest BCUT2D eigenvalue weighted by Crippen LogP contribution is 2.42. The van der Waals surface area contributed by atoms with Gasteiger partial charge in [-0.3, -0.25) is 0 Å². The predicted octanol–water partition coefficient (Wildman–Crippen LogP) is 0.123. The average Bonchev–Trinajstić information content (AvgIpc) is 3.01. The smallest absolute Gasteiger partial charge is 0.177 e. The van der Waals surface area contributed by atoms with Gasteiger partial charge >= 0.3 is 0 Å². The molecule has 4 N–H and O–H groups in total. The zero-order valence-electron chi connectivity index (χ0n) is 10.5. The van der Waals surface area contributed by atoms with Gasteiger partial charge in [-0.2, -0.15) is 10.4 Å². The summed E-state index contributed by atoms with van der Waals surface area (Å²) in [7, 11) is 0. The third kappa shape index (κ3) is 1.68. The Morgan fingerprint density at radius 2 is 2.45 bits per heavy atom. The summed E-state index contributed by atoms with van der Waals surface area (Å²) in [5.74, 6) is 0.224. The third-order valence-corrected chi connectivity index (χ3v) is 3.56. The van der Waals surface area contributed by atoms with Crippen LogP contribution in [0.4, 0.5) is 5.82 Å². The maximum atomic E-state index is 10.1. The number of hydrogen-bond donors (Lipinski definition) is 3. The number of aromatic hydroxyl groups is 1. The van der Waals surface area contributed by atoms with Crippen molar-refractivity contribution >= 4 is 11.3 Å². The van der Waals surface area contributed by atoms with Crippen LogP contribution in [-0.4, -0.2) is 37.0 Å². The number of ether oxygens (including phenoxy) is 1. The Morgan fingerprint density at radius 1 is 1.65 bits per heavy atom. The van der Waals surface area contributed by atoms with E-state index in [4.69, 9.17) is 15.7 Å². The molecule has 1 aliphatic heterocycles. The first kappa shape index (κ1) is 12.7. The normalized spacial score (nSPS) is 25.9. The summed E-state index contributed by atoms with van der Waals surface area (Å²) < 4.78 is 7.08. The number of anilines is 1. The Labute approximate surface area is 114 Å². The van der Waals surface area contributed by atoms with Gasteiger partial charge in [-0.25, -0.2) is 9.50 Å². The lowest BCUT2D eigenvalue weighted by Gasteiger charge is -2.19.